The van der Waals surface area contributed by atoms with Crippen molar-refractivity contribution in [3.8, 4) is 17.5 Å². The Hall–Kier alpha value is -2.15. The summed E-state index contributed by atoms with van der Waals surface area (Å²) in [5.74, 6) is 1.56. The molecular weight excluding hydrogens is 519 g/mol. The lowest BCUT2D eigenvalue weighted by molar-refractivity contribution is -0.113. The van der Waals surface area contributed by atoms with Crippen LogP contribution in [0.15, 0.2) is 10.5 Å². The number of anilines is 1. The molecule has 0 saturated carbocycles. The van der Waals surface area contributed by atoms with Crippen LogP contribution in [0.2, 0.25) is 0 Å². The van der Waals surface area contributed by atoms with Crippen molar-refractivity contribution in [2.45, 2.75) is 91.8 Å². The van der Waals surface area contributed by atoms with Crippen LogP contribution in [-0.2, 0) is 24.1 Å². The molecule has 1 unspecified atom stereocenters. The number of aryl methyl sites for hydroxylation is 1. The summed E-state index contributed by atoms with van der Waals surface area (Å²) in [6.45, 7) is 15.5. The van der Waals surface area contributed by atoms with E-state index in [0.717, 1.165) is 54.2 Å². The molecule has 0 fully saturated rings. The van der Waals surface area contributed by atoms with Crippen LogP contribution >= 0.6 is 34.4 Å². The SMILES string of the molecule is CCc1c(-c2nnc(SCC(=O)Nc3sc4c(c3C#N)CCC(C(C)(C)CC)C4)n2C(C)C)csc1C. The maximum absolute atomic E-state index is 13.0. The minimum Gasteiger partial charge on any atom is -0.316 e. The van der Waals surface area contributed by atoms with Crippen molar-refractivity contribution >= 4 is 45.3 Å². The second-order valence-electron chi connectivity index (χ2n) is 10.7. The van der Waals surface area contributed by atoms with Crippen molar-refractivity contribution in [1.82, 2.24) is 14.8 Å². The van der Waals surface area contributed by atoms with Gasteiger partial charge in [0.1, 0.15) is 11.1 Å². The number of thiophene rings is 2. The first kappa shape index (κ1) is 27.9. The molecule has 37 heavy (non-hydrogen) atoms. The van der Waals surface area contributed by atoms with Crippen molar-refractivity contribution in [3.05, 3.63) is 31.8 Å². The van der Waals surface area contributed by atoms with Crippen LogP contribution < -0.4 is 5.32 Å². The van der Waals surface area contributed by atoms with Gasteiger partial charge < -0.3 is 5.32 Å². The molecular formula is C28H37N5OS3. The van der Waals surface area contributed by atoms with Gasteiger partial charge in [0.05, 0.1) is 11.3 Å². The Morgan fingerprint density at radius 1 is 1.35 bits per heavy atom. The highest BCUT2D eigenvalue weighted by atomic mass is 32.2. The molecule has 6 nitrogen and oxygen atoms in total. The number of nitrogens with zero attached hydrogens (tertiary/aromatic N) is 4. The molecule has 198 valence electrons. The number of nitrogens with one attached hydrogen (secondary N) is 1. The fourth-order valence-corrected chi connectivity index (χ4v) is 8.27. The standard InChI is InChI=1S/C28H37N5OS3/c1-8-19-17(5)35-14-22(19)25-31-32-27(33(25)16(3)4)36-15-24(34)30-26-21(13-29)20-11-10-18(12-23(20)37-26)28(6,7)9-2/h14,16,18H,8-12,15H2,1-7H3,(H,30,34). The van der Waals surface area contributed by atoms with Gasteiger partial charge in [0.2, 0.25) is 5.91 Å². The summed E-state index contributed by atoms with van der Waals surface area (Å²) in [7, 11) is 0. The fraction of sp³-hybridized carbons (Fsp3) is 0.571. The van der Waals surface area contributed by atoms with E-state index >= 15 is 0 Å². The lowest BCUT2D eigenvalue weighted by atomic mass is 9.69. The maximum atomic E-state index is 13.0. The molecule has 3 aromatic heterocycles. The first-order valence-corrected chi connectivity index (χ1v) is 15.8. The molecule has 0 aromatic carbocycles. The fourth-order valence-electron chi connectivity index (χ4n) is 5.17. The van der Waals surface area contributed by atoms with Gasteiger partial charge in [0.15, 0.2) is 11.0 Å². The van der Waals surface area contributed by atoms with E-state index in [1.54, 1.807) is 22.7 Å². The predicted octanol–water partition coefficient (Wildman–Crippen LogP) is 7.66. The first-order chi connectivity index (χ1) is 17.6. The minimum absolute atomic E-state index is 0.119. The normalized spacial score (nSPS) is 15.6. The zero-order valence-electron chi connectivity index (χ0n) is 22.9. The molecule has 1 N–H and O–H groups in total. The molecule has 0 radical (unpaired) electrons. The van der Waals surface area contributed by atoms with Crippen LogP contribution in [-0.4, -0.2) is 26.4 Å². The molecule has 9 heteroatoms. The van der Waals surface area contributed by atoms with Crippen molar-refractivity contribution in [1.29, 1.82) is 5.26 Å². The van der Waals surface area contributed by atoms with Crippen LogP contribution in [0, 0.1) is 29.6 Å². The van der Waals surface area contributed by atoms with Gasteiger partial charge in [0.25, 0.3) is 0 Å². The molecule has 0 bridgehead atoms. The molecule has 1 aliphatic carbocycles. The van der Waals surface area contributed by atoms with Gasteiger partial charge in [-0.2, -0.15) is 5.26 Å². The van der Waals surface area contributed by atoms with Gasteiger partial charge in [-0.1, -0.05) is 45.9 Å². The highest BCUT2D eigenvalue weighted by Gasteiger charge is 2.34. The van der Waals surface area contributed by atoms with Gasteiger partial charge in [-0.15, -0.1) is 32.9 Å². The number of nitriles is 1. The second-order valence-corrected chi connectivity index (χ2v) is 13.9. The number of amides is 1. The topological polar surface area (TPSA) is 83.6 Å². The molecule has 0 spiro atoms. The number of thioether (sulfide) groups is 1. The summed E-state index contributed by atoms with van der Waals surface area (Å²) >= 11 is 4.72. The average molecular weight is 556 g/mol. The predicted molar refractivity (Wildman–Crippen MR) is 156 cm³/mol. The van der Waals surface area contributed by atoms with E-state index in [9.17, 15) is 10.1 Å². The van der Waals surface area contributed by atoms with Crippen LogP contribution in [0.5, 0.6) is 0 Å². The van der Waals surface area contributed by atoms with Gasteiger partial charge in [-0.25, -0.2) is 0 Å². The average Bonchev–Trinajstić information content (AvgIpc) is 3.55. The molecule has 1 atom stereocenters. The third kappa shape index (κ3) is 5.52. The molecule has 0 aliphatic heterocycles. The number of carbonyl (C=O) groups is 1. The summed E-state index contributed by atoms with van der Waals surface area (Å²) in [4.78, 5) is 15.6. The minimum atomic E-state index is -0.119. The lowest BCUT2D eigenvalue weighted by Crippen LogP contribution is -2.28. The highest BCUT2D eigenvalue weighted by molar-refractivity contribution is 7.99. The summed E-state index contributed by atoms with van der Waals surface area (Å²) in [5, 5.41) is 25.5. The summed E-state index contributed by atoms with van der Waals surface area (Å²) < 4.78 is 2.12. The third-order valence-electron chi connectivity index (χ3n) is 7.86. The Balaban J connectivity index is 1.49. The van der Waals surface area contributed by atoms with Gasteiger partial charge in [-0.3, -0.25) is 9.36 Å². The molecule has 0 saturated heterocycles. The smallest absolute Gasteiger partial charge is 0.235 e. The van der Waals surface area contributed by atoms with Crippen molar-refractivity contribution in [2.75, 3.05) is 11.1 Å². The Kier molecular flexibility index (Phi) is 8.51. The lowest BCUT2D eigenvalue weighted by Gasteiger charge is -2.36. The monoisotopic (exact) mass is 555 g/mol. The number of aromatic nitrogens is 3. The Morgan fingerprint density at radius 2 is 2.11 bits per heavy atom. The summed E-state index contributed by atoms with van der Waals surface area (Å²) in [5.41, 5.74) is 4.51. The van der Waals surface area contributed by atoms with Crippen LogP contribution in [0.25, 0.3) is 11.4 Å². The van der Waals surface area contributed by atoms with Crippen molar-refractivity contribution in [3.63, 3.8) is 0 Å². The zero-order valence-corrected chi connectivity index (χ0v) is 25.3. The van der Waals surface area contributed by atoms with Crippen molar-refractivity contribution in [2.24, 2.45) is 11.3 Å². The number of fused-ring (bicyclic) bond motifs is 1. The Labute approximate surface area is 232 Å². The number of carbonyl (C=O) groups excluding carboxylic acids is 1. The molecule has 4 rings (SSSR count). The second kappa shape index (κ2) is 11.3. The van der Waals surface area contributed by atoms with E-state index in [1.165, 1.54) is 27.1 Å². The van der Waals surface area contributed by atoms with E-state index in [2.05, 4.69) is 80.0 Å². The maximum Gasteiger partial charge on any atom is 0.235 e. The summed E-state index contributed by atoms with van der Waals surface area (Å²) in [6, 6.07) is 2.53. The molecule has 3 aromatic rings. The Morgan fingerprint density at radius 3 is 2.76 bits per heavy atom. The summed E-state index contributed by atoms with van der Waals surface area (Å²) in [6.07, 6.45) is 5.08. The van der Waals surface area contributed by atoms with Gasteiger partial charge >= 0.3 is 0 Å². The number of rotatable bonds is 9. The first-order valence-electron chi connectivity index (χ1n) is 13.1. The quantitative estimate of drug-likeness (QED) is 0.274. The zero-order chi connectivity index (χ0) is 26.9. The van der Waals surface area contributed by atoms with Crippen LogP contribution in [0.1, 0.15) is 86.9 Å². The molecule has 1 aliphatic rings. The van der Waals surface area contributed by atoms with E-state index in [0.29, 0.717) is 16.5 Å². The van der Waals surface area contributed by atoms with E-state index in [-0.39, 0.29) is 23.1 Å². The van der Waals surface area contributed by atoms with E-state index in [1.807, 2.05) is 0 Å². The Bertz CT molecular complexity index is 1320. The van der Waals surface area contributed by atoms with Gasteiger partial charge in [-0.05, 0) is 68.9 Å². The number of hydrogen-bond acceptors (Lipinski definition) is 7. The molecule has 3 heterocycles. The largest absolute Gasteiger partial charge is 0.316 e. The van der Waals surface area contributed by atoms with E-state index in [4.69, 9.17) is 0 Å². The van der Waals surface area contributed by atoms with Crippen LogP contribution in [0.4, 0.5) is 5.00 Å². The van der Waals surface area contributed by atoms with Crippen molar-refractivity contribution < 1.29 is 4.79 Å². The third-order valence-corrected chi connectivity index (χ3v) is 10.9. The highest BCUT2D eigenvalue weighted by Crippen LogP contribution is 2.45. The van der Waals surface area contributed by atoms with E-state index < -0.39 is 0 Å². The number of hydrogen-bond donors (Lipinski definition) is 1. The van der Waals surface area contributed by atoms with Crippen LogP contribution in [0.3, 0.4) is 0 Å². The van der Waals surface area contributed by atoms with Gasteiger partial charge in [0, 0.05) is 26.7 Å². The molecule has 1 amide bonds.